The Kier molecular flexibility index (Phi) is 3.02. The Morgan fingerprint density at radius 1 is 1.25 bits per heavy atom. The lowest BCUT2D eigenvalue weighted by molar-refractivity contribution is 0.621. The van der Waals surface area contributed by atoms with E-state index in [0.29, 0.717) is 15.9 Å². The molecule has 0 radical (unpaired) electrons. The second-order valence-electron chi connectivity index (χ2n) is 2.92. The Hall–Kier alpha value is -1.27. The van der Waals surface area contributed by atoms with Gasteiger partial charge in [-0.25, -0.2) is 4.39 Å². The van der Waals surface area contributed by atoms with Crippen molar-refractivity contribution in [1.29, 1.82) is 0 Å². The number of nitrogens with zero attached hydrogens (tertiary/aromatic N) is 3. The lowest BCUT2D eigenvalue weighted by Crippen LogP contribution is -2.00. The second kappa shape index (κ2) is 4.31. The molecule has 16 heavy (non-hydrogen) atoms. The van der Waals surface area contributed by atoms with Crippen molar-refractivity contribution in [2.45, 2.75) is 0 Å². The molecular formula is C9H5BrClFN4. The fourth-order valence-corrected chi connectivity index (χ4v) is 1.68. The molecule has 0 amide bonds. The molecule has 1 heterocycles. The first-order chi connectivity index (χ1) is 7.56. The van der Waals surface area contributed by atoms with Gasteiger partial charge in [0.2, 0.25) is 11.2 Å². The predicted molar refractivity (Wildman–Crippen MR) is 62.3 cm³/mol. The molecule has 0 fully saturated rings. The van der Waals surface area contributed by atoms with Gasteiger partial charge in [-0.1, -0.05) is 0 Å². The maximum Gasteiger partial charge on any atom is 0.227 e. The highest BCUT2D eigenvalue weighted by molar-refractivity contribution is 9.10. The molecule has 0 aliphatic carbocycles. The molecule has 0 aliphatic heterocycles. The average Bonchev–Trinajstić information content (AvgIpc) is 2.20. The number of nitrogens with two attached hydrogens (primary N) is 1. The van der Waals surface area contributed by atoms with E-state index in [1.54, 1.807) is 6.07 Å². The Morgan fingerprint density at radius 3 is 2.62 bits per heavy atom. The van der Waals surface area contributed by atoms with Crippen LogP contribution in [0.5, 0.6) is 0 Å². The molecule has 4 nitrogen and oxygen atoms in total. The number of nitrogen functional groups attached to an aromatic ring is 1. The minimum absolute atomic E-state index is 0.00273. The van der Waals surface area contributed by atoms with Crippen LogP contribution in [-0.2, 0) is 0 Å². The van der Waals surface area contributed by atoms with Crippen LogP contribution in [0.1, 0.15) is 0 Å². The minimum Gasteiger partial charge on any atom is -0.368 e. The van der Waals surface area contributed by atoms with Gasteiger partial charge in [0, 0.05) is 5.56 Å². The van der Waals surface area contributed by atoms with Crippen molar-refractivity contribution in [3.63, 3.8) is 0 Å². The number of aromatic nitrogens is 3. The molecule has 2 aromatic rings. The van der Waals surface area contributed by atoms with E-state index in [-0.39, 0.29) is 17.0 Å². The summed E-state index contributed by atoms with van der Waals surface area (Å²) in [6, 6.07) is 4.37. The smallest absolute Gasteiger partial charge is 0.227 e. The van der Waals surface area contributed by atoms with Crippen molar-refractivity contribution >= 4 is 33.5 Å². The van der Waals surface area contributed by atoms with Gasteiger partial charge in [0.15, 0.2) is 5.82 Å². The van der Waals surface area contributed by atoms with E-state index in [9.17, 15) is 4.39 Å². The summed E-state index contributed by atoms with van der Waals surface area (Å²) in [5.74, 6) is -0.0366. The molecule has 2 rings (SSSR count). The largest absolute Gasteiger partial charge is 0.368 e. The quantitative estimate of drug-likeness (QED) is 0.879. The van der Waals surface area contributed by atoms with Crippen LogP contribution >= 0.6 is 27.5 Å². The van der Waals surface area contributed by atoms with Gasteiger partial charge in [0.25, 0.3) is 0 Å². The van der Waals surface area contributed by atoms with E-state index in [1.807, 2.05) is 0 Å². The molecular weight excluding hydrogens is 298 g/mol. The summed E-state index contributed by atoms with van der Waals surface area (Å²) in [5.41, 5.74) is 6.03. The van der Waals surface area contributed by atoms with Crippen LogP contribution < -0.4 is 5.73 Å². The number of benzene rings is 1. The van der Waals surface area contributed by atoms with Crippen molar-refractivity contribution in [2.75, 3.05) is 5.73 Å². The maximum absolute atomic E-state index is 13.0. The zero-order chi connectivity index (χ0) is 11.7. The van der Waals surface area contributed by atoms with Crippen molar-refractivity contribution < 1.29 is 4.39 Å². The predicted octanol–water partition coefficient (Wildman–Crippen LogP) is 2.68. The van der Waals surface area contributed by atoms with Crippen LogP contribution in [0.15, 0.2) is 22.7 Å². The second-order valence-corrected chi connectivity index (χ2v) is 4.11. The minimum atomic E-state index is -0.364. The number of rotatable bonds is 1. The first-order valence-electron chi connectivity index (χ1n) is 4.19. The zero-order valence-corrected chi connectivity index (χ0v) is 10.1. The monoisotopic (exact) mass is 302 g/mol. The van der Waals surface area contributed by atoms with E-state index < -0.39 is 0 Å². The summed E-state index contributed by atoms with van der Waals surface area (Å²) < 4.78 is 13.3. The molecule has 2 N–H and O–H groups in total. The number of hydrogen-bond donors (Lipinski definition) is 1. The standard InChI is InChI=1S/C9H5BrClFN4/c10-5-3-4(1-2-6(5)12)7-14-8(11)16-9(13)15-7/h1-3H,(H2,13,14,15,16). The third kappa shape index (κ3) is 2.28. The van der Waals surface area contributed by atoms with Gasteiger partial charge < -0.3 is 5.73 Å². The number of halogens is 3. The summed E-state index contributed by atoms with van der Waals surface area (Å²) >= 11 is 8.71. The number of hydrogen-bond acceptors (Lipinski definition) is 4. The fraction of sp³-hybridized carbons (Fsp3) is 0. The van der Waals surface area contributed by atoms with Crippen LogP contribution in [-0.4, -0.2) is 15.0 Å². The molecule has 0 aliphatic rings. The normalized spacial score (nSPS) is 10.4. The summed E-state index contributed by atoms with van der Waals surface area (Å²) in [5, 5.41) is 0.00273. The van der Waals surface area contributed by atoms with Gasteiger partial charge in [-0.2, -0.15) is 15.0 Å². The van der Waals surface area contributed by atoms with E-state index in [0.717, 1.165) is 0 Å². The van der Waals surface area contributed by atoms with Gasteiger partial charge in [0.05, 0.1) is 4.47 Å². The first kappa shape index (κ1) is 11.2. The van der Waals surface area contributed by atoms with E-state index in [1.165, 1.54) is 12.1 Å². The highest BCUT2D eigenvalue weighted by atomic mass is 79.9. The van der Waals surface area contributed by atoms with Gasteiger partial charge in [0.1, 0.15) is 5.82 Å². The molecule has 0 atom stereocenters. The molecule has 0 bridgehead atoms. The van der Waals surface area contributed by atoms with Gasteiger partial charge in [-0.15, -0.1) is 0 Å². The maximum atomic E-state index is 13.0. The molecule has 0 saturated heterocycles. The highest BCUT2D eigenvalue weighted by Crippen LogP contribution is 2.23. The number of anilines is 1. The van der Waals surface area contributed by atoms with Crippen molar-refractivity contribution in [1.82, 2.24) is 15.0 Å². The molecule has 82 valence electrons. The van der Waals surface area contributed by atoms with Crippen molar-refractivity contribution in [3.8, 4) is 11.4 Å². The summed E-state index contributed by atoms with van der Waals surface area (Å²) in [7, 11) is 0. The Morgan fingerprint density at radius 2 is 2.00 bits per heavy atom. The first-order valence-corrected chi connectivity index (χ1v) is 5.36. The molecule has 7 heteroatoms. The van der Waals surface area contributed by atoms with E-state index in [2.05, 4.69) is 30.9 Å². The summed E-state index contributed by atoms with van der Waals surface area (Å²) in [6.45, 7) is 0. The zero-order valence-electron chi connectivity index (χ0n) is 7.78. The highest BCUT2D eigenvalue weighted by Gasteiger charge is 2.07. The van der Waals surface area contributed by atoms with Crippen LogP contribution in [0.3, 0.4) is 0 Å². The van der Waals surface area contributed by atoms with Crippen LogP contribution in [0, 0.1) is 5.82 Å². The molecule has 0 saturated carbocycles. The Labute approximate surface area is 104 Å². The van der Waals surface area contributed by atoms with Crippen molar-refractivity contribution in [2.24, 2.45) is 0 Å². The summed E-state index contributed by atoms with van der Waals surface area (Å²) in [4.78, 5) is 11.4. The molecule has 0 unspecified atom stereocenters. The Bertz CT molecular complexity index is 529. The third-order valence-corrected chi connectivity index (χ3v) is 2.58. The van der Waals surface area contributed by atoms with Gasteiger partial charge in [-0.3, -0.25) is 0 Å². The topological polar surface area (TPSA) is 64.7 Å². The fourth-order valence-electron chi connectivity index (χ4n) is 1.13. The van der Waals surface area contributed by atoms with Crippen molar-refractivity contribution in [3.05, 3.63) is 33.8 Å². The van der Waals surface area contributed by atoms with Gasteiger partial charge >= 0.3 is 0 Å². The average molecular weight is 304 g/mol. The SMILES string of the molecule is Nc1nc(Cl)nc(-c2ccc(F)c(Br)c2)n1. The molecule has 1 aromatic heterocycles. The molecule has 1 aromatic carbocycles. The van der Waals surface area contributed by atoms with Crippen LogP contribution in [0.4, 0.5) is 10.3 Å². The molecule has 0 spiro atoms. The van der Waals surface area contributed by atoms with Gasteiger partial charge in [-0.05, 0) is 45.7 Å². The lowest BCUT2D eigenvalue weighted by Gasteiger charge is -2.02. The van der Waals surface area contributed by atoms with E-state index in [4.69, 9.17) is 17.3 Å². The Balaban J connectivity index is 2.54. The summed E-state index contributed by atoms with van der Waals surface area (Å²) in [6.07, 6.45) is 0. The van der Waals surface area contributed by atoms with E-state index >= 15 is 0 Å². The van der Waals surface area contributed by atoms with Crippen LogP contribution in [0.2, 0.25) is 5.28 Å². The van der Waals surface area contributed by atoms with Crippen LogP contribution in [0.25, 0.3) is 11.4 Å². The lowest BCUT2D eigenvalue weighted by atomic mass is 10.2. The third-order valence-electron chi connectivity index (χ3n) is 1.80.